The van der Waals surface area contributed by atoms with Gasteiger partial charge in [-0.1, -0.05) is 12.8 Å². The predicted molar refractivity (Wildman–Crippen MR) is 69.7 cm³/mol. The maximum Gasteiger partial charge on any atom is 0.254 e. The summed E-state index contributed by atoms with van der Waals surface area (Å²) < 4.78 is 13.6. The van der Waals surface area contributed by atoms with Crippen molar-refractivity contribution in [3.63, 3.8) is 0 Å². The summed E-state index contributed by atoms with van der Waals surface area (Å²) in [5.74, 6) is -0.399. The Bertz CT molecular complexity index is 441. The molecule has 18 heavy (non-hydrogen) atoms. The van der Waals surface area contributed by atoms with E-state index in [2.05, 4.69) is 5.32 Å². The van der Waals surface area contributed by atoms with Crippen LogP contribution in [-0.4, -0.2) is 11.9 Å². The number of anilines is 1. The molecule has 98 valence electrons. The molecule has 0 saturated heterocycles. The molecule has 0 heterocycles. The number of rotatable bonds is 3. The molecule has 3 nitrogen and oxygen atoms in total. The molecule has 0 unspecified atom stereocenters. The van der Waals surface area contributed by atoms with Crippen molar-refractivity contribution >= 4 is 11.6 Å². The van der Waals surface area contributed by atoms with Gasteiger partial charge in [0.2, 0.25) is 0 Å². The predicted octanol–water partition coefficient (Wildman–Crippen LogP) is 2.72. The average molecular weight is 250 g/mol. The molecule has 4 heteroatoms. The zero-order valence-electron chi connectivity index (χ0n) is 10.6. The van der Waals surface area contributed by atoms with Crippen LogP contribution < -0.4 is 11.1 Å². The lowest BCUT2D eigenvalue weighted by atomic mass is 9.99. The minimum atomic E-state index is -0.564. The van der Waals surface area contributed by atoms with Crippen LogP contribution in [0.15, 0.2) is 18.2 Å². The van der Waals surface area contributed by atoms with Crippen molar-refractivity contribution in [1.82, 2.24) is 5.32 Å². The lowest BCUT2D eigenvalue weighted by Gasteiger charge is -2.20. The van der Waals surface area contributed by atoms with Crippen LogP contribution in [-0.2, 0) is 0 Å². The van der Waals surface area contributed by atoms with Gasteiger partial charge in [0.15, 0.2) is 0 Å². The molecule has 0 aliphatic heterocycles. The maximum atomic E-state index is 13.6. The van der Waals surface area contributed by atoms with E-state index in [1.54, 1.807) is 0 Å². The number of nitrogens with one attached hydrogen (secondary N) is 1. The van der Waals surface area contributed by atoms with E-state index in [0.29, 0.717) is 11.6 Å². The number of hydrogen-bond donors (Lipinski definition) is 2. The van der Waals surface area contributed by atoms with Crippen LogP contribution in [0, 0.1) is 11.7 Å². The molecule has 1 aromatic rings. The Balaban J connectivity index is 2.02. The van der Waals surface area contributed by atoms with Crippen LogP contribution in [0.2, 0.25) is 0 Å². The zero-order valence-corrected chi connectivity index (χ0v) is 10.6. The standard InChI is InChI=1S/C14H19FN2O/c1-9(10-4-2-3-5-10)17-14(18)12-7-6-11(16)8-13(12)15/h6-10H,2-5,16H2,1H3,(H,17,18)/t9-/m1/s1. The van der Waals surface area contributed by atoms with Crippen molar-refractivity contribution < 1.29 is 9.18 Å². The third kappa shape index (κ3) is 2.81. The van der Waals surface area contributed by atoms with Crippen LogP contribution in [0.5, 0.6) is 0 Å². The second kappa shape index (κ2) is 5.38. The molecule has 0 bridgehead atoms. The number of nitrogen functional groups attached to an aromatic ring is 1. The van der Waals surface area contributed by atoms with Gasteiger partial charge in [-0.15, -0.1) is 0 Å². The summed E-state index contributed by atoms with van der Waals surface area (Å²) in [6.45, 7) is 1.99. The highest BCUT2D eigenvalue weighted by atomic mass is 19.1. The Kier molecular flexibility index (Phi) is 3.84. The van der Waals surface area contributed by atoms with E-state index in [1.807, 2.05) is 6.92 Å². The van der Waals surface area contributed by atoms with Gasteiger partial charge in [0, 0.05) is 11.7 Å². The molecule has 0 radical (unpaired) electrons. The quantitative estimate of drug-likeness (QED) is 0.810. The number of carbonyl (C=O) groups excluding carboxylic acids is 1. The van der Waals surface area contributed by atoms with Gasteiger partial charge < -0.3 is 11.1 Å². The first kappa shape index (κ1) is 12.9. The Hall–Kier alpha value is -1.58. The molecule has 0 spiro atoms. The Labute approximate surface area is 107 Å². The molecule has 1 aliphatic rings. The van der Waals surface area contributed by atoms with Gasteiger partial charge in [-0.25, -0.2) is 4.39 Å². The third-order valence-electron chi connectivity index (χ3n) is 3.70. The fraction of sp³-hybridized carbons (Fsp3) is 0.500. The van der Waals surface area contributed by atoms with Crippen LogP contribution >= 0.6 is 0 Å². The fourth-order valence-electron chi connectivity index (χ4n) is 2.58. The van der Waals surface area contributed by atoms with Crippen molar-refractivity contribution in [2.24, 2.45) is 5.92 Å². The van der Waals surface area contributed by atoms with Crippen LogP contribution in [0.4, 0.5) is 10.1 Å². The van der Waals surface area contributed by atoms with Gasteiger partial charge in [0.05, 0.1) is 5.56 Å². The summed E-state index contributed by atoms with van der Waals surface area (Å²) in [5.41, 5.74) is 5.85. The molecule has 3 N–H and O–H groups in total. The van der Waals surface area contributed by atoms with E-state index in [4.69, 9.17) is 5.73 Å². The third-order valence-corrected chi connectivity index (χ3v) is 3.70. The van der Waals surface area contributed by atoms with Gasteiger partial charge in [0.1, 0.15) is 5.82 Å². The number of benzene rings is 1. The van der Waals surface area contributed by atoms with Crippen molar-refractivity contribution in [2.75, 3.05) is 5.73 Å². The average Bonchev–Trinajstić information content (AvgIpc) is 2.81. The molecular formula is C14H19FN2O. The van der Waals surface area contributed by atoms with Crippen LogP contribution in [0.1, 0.15) is 43.0 Å². The van der Waals surface area contributed by atoms with Gasteiger partial charge in [-0.05, 0) is 43.9 Å². The fourth-order valence-corrected chi connectivity index (χ4v) is 2.58. The summed E-state index contributed by atoms with van der Waals surface area (Å²) in [6.07, 6.45) is 4.74. The summed E-state index contributed by atoms with van der Waals surface area (Å²) >= 11 is 0. The number of hydrogen-bond acceptors (Lipinski definition) is 2. The van der Waals surface area contributed by atoms with E-state index in [9.17, 15) is 9.18 Å². The molecule has 1 saturated carbocycles. The second-order valence-corrected chi connectivity index (χ2v) is 5.05. The van der Waals surface area contributed by atoms with E-state index >= 15 is 0 Å². The first-order chi connectivity index (χ1) is 8.58. The highest BCUT2D eigenvalue weighted by Crippen LogP contribution is 2.27. The Morgan fingerprint density at radius 2 is 2.11 bits per heavy atom. The molecule has 0 aromatic heterocycles. The molecule has 2 rings (SSSR count). The first-order valence-corrected chi connectivity index (χ1v) is 6.44. The maximum absolute atomic E-state index is 13.6. The minimum absolute atomic E-state index is 0.0639. The number of amides is 1. The molecule has 1 amide bonds. The molecule has 1 atom stereocenters. The second-order valence-electron chi connectivity index (χ2n) is 5.05. The van der Waals surface area contributed by atoms with E-state index < -0.39 is 5.82 Å². The van der Waals surface area contributed by atoms with Gasteiger partial charge in [-0.2, -0.15) is 0 Å². The highest BCUT2D eigenvalue weighted by Gasteiger charge is 2.23. The molecule has 1 aliphatic carbocycles. The smallest absolute Gasteiger partial charge is 0.254 e. The van der Waals surface area contributed by atoms with Crippen molar-refractivity contribution in [3.05, 3.63) is 29.6 Å². The summed E-state index contributed by atoms with van der Waals surface area (Å²) in [6, 6.07) is 4.24. The van der Waals surface area contributed by atoms with Gasteiger partial charge in [-0.3, -0.25) is 4.79 Å². The van der Waals surface area contributed by atoms with Crippen molar-refractivity contribution in [1.29, 1.82) is 0 Å². The highest BCUT2D eigenvalue weighted by molar-refractivity contribution is 5.95. The lowest BCUT2D eigenvalue weighted by molar-refractivity contribution is 0.0923. The summed E-state index contributed by atoms with van der Waals surface area (Å²) in [4.78, 5) is 12.0. The molecule has 1 fully saturated rings. The largest absolute Gasteiger partial charge is 0.399 e. The topological polar surface area (TPSA) is 55.1 Å². The van der Waals surface area contributed by atoms with Crippen molar-refractivity contribution in [3.8, 4) is 0 Å². The first-order valence-electron chi connectivity index (χ1n) is 6.44. The zero-order chi connectivity index (χ0) is 13.1. The van der Waals surface area contributed by atoms with Crippen LogP contribution in [0.3, 0.4) is 0 Å². The number of nitrogens with two attached hydrogens (primary N) is 1. The Morgan fingerprint density at radius 1 is 1.44 bits per heavy atom. The SMILES string of the molecule is C[C@@H](NC(=O)c1ccc(N)cc1F)C1CCCC1. The molecular weight excluding hydrogens is 231 g/mol. The van der Waals surface area contributed by atoms with Crippen LogP contribution in [0.25, 0.3) is 0 Å². The van der Waals surface area contributed by atoms with E-state index in [0.717, 1.165) is 12.8 Å². The van der Waals surface area contributed by atoms with Gasteiger partial charge >= 0.3 is 0 Å². The monoisotopic (exact) mass is 250 g/mol. The van der Waals surface area contributed by atoms with Gasteiger partial charge in [0.25, 0.3) is 5.91 Å². The number of halogens is 1. The minimum Gasteiger partial charge on any atom is -0.399 e. The lowest BCUT2D eigenvalue weighted by Crippen LogP contribution is -2.37. The van der Waals surface area contributed by atoms with Crippen molar-refractivity contribution in [2.45, 2.75) is 38.6 Å². The summed E-state index contributed by atoms with van der Waals surface area (Å²) in [7, 11) is 0. The molecule has 1 aromatic carbocycles. The number of carbonyl (C=O) groups is 1. The normalized spacial score (nSPS) is 17.7. The van der Waals surface area contributed by atoms with E-state index in [-0.39, 0.29) is 17.5 Å². The van der Waals surface area contributed by atoms with E-state index in [1.165, 1.54) is 31.0 Å². The summed E-state index contributed by atoms with van der Waals surface area (Å²) in [5, 5.41) is 2.88. The Morgan fingerprint density at radius 3 is 2.72 bits per heavy atom.